The summed E-state index contributed by atoms with van der Waals surface area (Å²) in [7, 11) is -1.52. The maximum atomic E-state index is 11.6. The van der Waals surface area contributed by atoms with E-state index < -0.39 is 18.8 Å². The zero-order chi connectivity index (χ0) is 32.5. The van der Waals surface area contributed by atoms with Crippen molar-refractivity contribution in [3.05, 3.63) is 75.7 Å². The van der Waals surface area contributed by atoms with Gasteiger partial charge in [0.15, 0.2) is 11.6 Å². The molecule has 0 aliphatic carbocycles. The van der Waals surface area contributed by atoms with Crippen molar-refractivity contribution in [2.75, 3.05) is 11.5 Å². The van der Waals surface area contributed by atoms with Crippen LogP contribution in [0.5, 0.6) is 0 Å². The molecule has 1 amide bonds. The van der Waals surface area contributed by atoms with E-state index >= 15 is 0 Å². The van der Waals surface area contributed by atoms with Crippen molar-refractivity contribution in [2.24, 2.45) is 5.73 Å². The molecule has 0 fully saturated rings. The van der Waals surface area contributed by atoms with Gasteiger partial charge in [-0.2, -0.15) is 0 Å². The highest BCUT2D eigenvalue weighted by Gasteiger charge is 2.19. The number of hydrogen-bond acceptors (Lipinski definition) is 11. The second kappa shape index (κ2) is 16.9. The molecule has 0 aliphatic rings. The van der Waals surface area contributed by atoms with Crippen LogP contribution in [0.3, 0.4) is 0 Å². The van der Waals surface area contributed by atoms with E-state index in [0.717, 1.165) is 32.5 Å². The van der Waals surface area contributed by atoms with Gasteiger partial charge in [-0.3, -0.25) is 0 Å². The molecule has 2 aromatic heterocycles. The number of halogens is 1. The topological polar surface area (TPSA) is 209 Å². The van der Waals surface area contributed by atoms with Gasteiger partial charge in [-0.25, -0.2) is 4.79 Å². The molecule has 2 atom stereocenters. The van der Waals surface area contributed by atoms with E-state index in [2.05, 4.69) is 36.1 Å². The molecule has 0 spiro atoms. The van der Waals surface area contributed by atoms with Gasteiger partial charge in [-0.05, 0) is 92.6 Å². The number of rotatable bonds is 5. The number of aryl methyl sites for hydroxylation is 2. The fourth-order valence-corrected chi connectivity index (χ4v) is 3.80. The van der Waals surface area contributed by atoms with Crippen LogP contribution in [0.2, 0.25) is 0 Å². The number of nitrogens with zero attached hydrogens (tertiary/aromatic N) is 2. The summed E-state index contributed by atoms with van der Waals surface area (Å²) < 4.78 is 15.6. The van der Waals surface area contributed by atoms with Crippen molar-refractivity contribution >= 4 is 46.2 Å². The lowest BCUT2D eigenvalue weighted by atomic mass is 9.79. The van der Waals surface area contributed by atoms with Gasteiger partial charge in [0.2, 0.25) is 0 Å². The van der Waals surface area contributed by atoms with Gasteiger partial charge >= 0.3 is 13.2 Å². The number of nitrogen functional groups attached to an aromatic ring is 2. The second-order valence-electron chi connectivity index (χ2n) is 10.8. The third kappa shape index (κ3) is 11.7. The minimum absolute atomic E-state index is 0. The van der Waals surface area contributed by atoms with E-state index in [4.69, 9.17) is 36.5 Å². The first-order valence-corrected chi connectivity index (χ1v) is 14.2. The van der Waals surface area contributed by atoms with Crippen LogP contribution in [0.15, 0.2) is 62.0 Å². The predicted molar refractivity (Wildman–Crippen MR) is 178 cm³/mol. The minimum Gasteiger partial charge on any atom is -0.444 e. The molecule has 240 valence electrons. The summed E-state index contributed by atoms with van der Waals surface area (Å²) in [6.45, 7) is 12.8. The number of alkyl carbamates (subject to hydrolysis) is 1. The number of nitrogens with one attached hydrogen (secondary N) is 1. The van der Waals surface area contributed by atoms with Crippen LogP contribution in [0.1, 0.15) is 76.8 Å². The molecule has 9 N–H and O–H groups in total. The Morgan fingerprint density at radius 2 is 1.55 bits per heavy atom. The Kier molecular flexibility index (Phi) is 14.6. The van der Waals surface area contributed by atoms with Crippen LogP contribution < -0.4 is 28.0 Å². The van der Waals surface area contributed by atoms with Crippen molar-refractivity contribution in [1.82, 2.24) is 15.6 Å². The number of amides is 1. The minimum atomic E-state index is -1.52. The standard InChI is InChI=1S/C13H20BNO4.C12H15N3O.C4H5BrN2O.CH4/c1-9(15-12(16)19-13(2,3)4)10-6-5-7-11(8-10)14(17)18;1-7(13)9-4-3-5-10(6-9)11-8(2)16-15-12(11)14;1-2-3(5)4(6)7-8-2;/h5-9,17-18H,1-4H3,(H,15,16);3-7H,13H2,1-2H3,(H2,14,15);1H3,(H2,6,7);1H4/t9-;7-;;/m00../s1. The lowest BCUT2D eigenvalue weighted by molar-refractivity contribution is 0.0508. The molecule has 0 saturated heterocycles. The first-order chi connectivity index (χ1) is 20.0. The number of anilines is 2. The fraction of sp³-hybridized carbons (Fsp3) is 0.367. The first-order valence-electron chi connectivity index (χ1n) is 13.4. The van der Waals surface area contributed by atoms with Crippen LogP contribution in [0.25, 0.3) is 11.1 Å². The van der Waals surface area contributed by atoms with Crippen molar-refractivity contribution in [3.8, 4) is 11.1 Å². The van der Waals surface area contributed by atoms with Crippen molar-refractivity contribution in [2.45, 2.75) is 73.6 Å². The lowest BCUT2D eigenvalue weighted by Gasteiger charge is -2.22. The summed E-state index contributed by atoms with van der Waals surface area (Å²) in [5, 5.41) is 28.1. The van der Waals surface area contributed by atoms with Crippen LogP contribution in [0, 0.1) is 13.8 Å². The summed E-state index contributed by atoms with van der Waals surface area (Å²) in [5.74, 6) is 2.25. The van der Waals surface area contributed by atoms with E-state index in [1.54, 1.807) is 58.9 Å². The van der Waals surface area contributed by atoms with Gasteiger partial charge < -0.3 is 46.3 Å². The largest absolute Gasteiger partial charge is 0.488 e. The molecular formula is C30H44BBrN6O6. The molecule has 4 rings (SSSR count). The van der Waals surface area contributed by atoms with E-state index in [0.29, 0.717) is 22.9 Å². The highest BCUT2D eigenvalue weighted by atomic mass is 79.9. The number of carbonyl (C=O) groups excluding carboxylic acids is 1. The number of aromatic nitrogens is 2. The number of benzene rings is 2. The maximum absolute atomic E-state index is 11.6. The first kappa shape index (κ1) is 38.2. The fourth-order valence-electron chi connectivity index (χ4n) is 3.65. The highest BCUT2D eigenvalue weighted by Crippen LogP contribution is 2.30. The Morgan fingerprint density at radius 3 is 2.00 bits per heavy atom. The van der Waals surface area contributed by atoms with Crippen molar-refractivity contribution < 1.29 is 28.6 Å². The van der Waals surface area contributed by atoms with E-state index in [-0.39, 0.29) is 19.5 Å². The smallest absolute Gasteiger partial charge is 0.444 e. The van der Waals surface area contributed by atoms with Gasteiger partial charge in [0.1, 0.15) is 21.6 Å². The Hall–Kier alpha value is -3.85. The molecular weight excluding hydrogens is 631 g/mol. The zero-order valence-electron chi connectivity index (χ0n) is 25.4. The summed E-state index contributed by atoms with van der Waals surface area (Å²) in [4.78, 5) is 11.6. The molecule has 0 radical (unpaired) electrons. The molecule has 14 heteroatoms. The van der Waals surface area contributed by atoms with E-state index in [1.807, 2.05) is 38.1 Å². The normalized spacial score (nSPS) is 11.9. The molecule has 44 heavy (non-hydrogen) atoms. The summed E-state index contributed by atoms with van der Waals surface area (Å²) in [5.41, 5.74) is 20.4. The maximum Gasteiger partial charge on any atom is 0.488 e. The van der Waals surface area contributed by atoms with Gasteiger partial charge in [-0.15, -0.1) is 0 Å². The Bertz CT molecular complexity index is 1450. The quantitative estimate of drug-likeness (QED) is 0.152. The number of carbonyl (C=O) groups is 1. The summed E-state index contributed by atoms with van der Waals surface area (Å²) in [6, 6.07) is 14.4. The van der Waals surface area contributed by atoms with Crippen molar-refractivity contribution in [3.63, 3.8) is 0 Å². The third-order valence-corrected chi connectivity index (χ3v) is 6.81. The summed E-state index contributed by atoms with van der Waals surface area (Å²) in [6.07, 6.45) is -0.505. The van der Waals surface area contributed by atoms with Crippen LogP contribution in [-0.4, -0.2) is 39.2 Å². The Labute approximate surface area is 267 Å². The molecule has 0 unspecified atom stereocenters. The monoisotopic (exact) mass is 674 g/mol. The molecule has 2 aromatic carbocycles. The second-order valence-corrected chi connectivity index (χ2v) is 11.6. The zero-order valence-corrected chi connectivity index (χ0v) is 27.0. The predicted octanol–water partition coefficient (Wildman–Crippen LogP) is 5.17. The van der Waals surface area contributed by atoms with Crippen LogP contribution >= 0.6 is 15.9 Å². The molecule has 0 saturated carbocycles. The molecule has 12 nitrogen and oxygen atoms in total. The molecule has 0 bridgehead atoms. The average Bonchev–Trinajstić information content (AvgIpc) is 3.42. The van der Waals surface area contributed by atoms with Gasteiger partial charge in [-0.1, -0.05) is 60.2 Å². The Morgan fingerprint density at radius 1 is 0.977 bits per heavy atom. The number of nitrogens with two attached hydrogens (primary N) is 3. The van der Waals surface area contributed by atoms with E-state index in [9.17, 15) is 4.79 Å². The number of hydrogen-bond donors (Lipinski definition) is 6. The molecule has 2 heterocycles. The van der Waals surface area contributed by atoms with Gasteiger partial charge in [0.05, 0.1) is 11.6 Å². The van der Waals surface area contributed by atoms with Gasteiger partial charge in [0.25, 0.3) is 0 Å². The lowest BCUT2D eigenvalue weighted by Crippen LogP contribution is -2.35. The van der Waals surface area contributed by atoms with Crippen LogP contribution in [-0.2, 0) is 4.74 Å². The molecule has 0 aliphatic heterocycles. The summed E-state index contributed by atoms with van der Waals surface area (Å²) >= 11 is 3.17. The van der Waals surface area contributed by atoms with Gasteiger partial charge in [0, 0.05) is 6.04 Å². The van der Waals surface area contributed by atoms with Crippen LogP contribution in [0.4, 0.5) is 16.4 Å². The SMILES string of the molecule is C.C[C@H](NC(=O)OC(C)(C)C)c1cccc(B(O)O)c1.Cc1onc(N)c1-c1cccc([C@H](C)N)c1.Cc1onc(N)c1Br. The third-order valence-electron chi connectivity index (χ3n) is 5.85. The van der Waals surface area contributed by atoms with Crippen molar-refractivity contribution in [1.29, 1.82) is 0 Å². The number of ether oxygens (including phenoxy) is 1. The average molecular weight is 675 g/mol. The Balaban J connectivity index is 0.000000350. The molecule has 4 aromatic rings. The highest BCUT2D eigenvalue weighted by molar-refractivity contribution is 9.10. The van der Waals surface area contributed by atoms with E-state index in [1.165, 1.54) is 0 Å².